The zero-order valence-corrected chi connectivity index (χ0v) is 19.1. The fourth-order valence-electron chi connectivity index (χ4n) is 3.18. The van der Waals surface area contributed by atoms with E-state index in [0.717, 1.165) is 15.5 Å². The Bertz CT molecular complexity index is 1110. The van der Waals surface area contributed by atoms with Crippen LogP contribution in [0, 0.1) is 0 Å². The van der Waals surface area contributed by atoms with Crippen molar-refractivity contribution in [1.82, 2.24) is 10.3 Å². The second kappa shape index (κ2) is 10.9. The van der Waals surface area contributed by atoms with Crippen LogP contribution in [-0.4, -0.2) is 48.3 Å². The molecule has 2 aromatic heterocycles. The molecule has 2 amide bonds. The molecule has 0 saturated carbocycles. The van der Waals surface area contributed by atoms with E-state index in [-0.39, 0.29) is 19.2 Å². The molecule has 0 aliphatic carbocycles. The van der Waals surface area contributed by atoms with Crippen molar-refractivity contribution in [3.63, 3.8) is 0 Å². The van der Waals surface area contributed by atoms with Crippen LogP contribution >= 0.6 is 22.7 Å². The van der Waals surface area contributed by atoms with E-state index in [4.69, 9.17) is 9.47 Å². The van der Waals surface area contributed by atoms with Gasteiger partial charge in [0.05, 0.1) is 16.6 Å². The first-order chi connectivity index (χ1) is 16.1. The molecular weight excluding hydrogens is 462 g/mol. The molecule has 0 saturated heterocycles. The zero-order chi connectivity index (χ0) is 23.0. The summed E-state index contributed by atoms with van der Waals surface area (Å²) in [6.45, 7) is -1.05. The maximum atomic E-state index is 12.8. The van der Waals surface area contributed by atoms with Gasteiger partial charge in [-0.15, -0.1) is 22.7 Å². The van der Waals surface area contributed by atoms with Gasteiger partial charge in [-0.1, -0.05) is 30.3 Å². The predicted molar refractivity (Wildman–Crippen MR) is 125 cm³/mol. The summed E-state index contributed by atoms with van der Waals surface area (Å²) in [5, 5.41) is 12.2. The van der Waals surface area contributed by atoms with E-state index in [1.165, 1.54) is 5.01 Å². The largest absolute Gasteiger partial charge is 0.484 e. The van der Waals surface area contributed by atoms with Crippen LogP contribution in [0.1, 0.15) is 22.2 Å². The van der Waals surface area contributed by atoms with Crippen LogP contribution in [0.2, 0.25) is 0 Å². The normalized spacial score (nSPS) is 15.1. The van der Waals surface area contributed by atoms with E-state index in [1.807, 2.05) is 41.1 Å². The van der Waals surface area contributed by atoms with Crippen LogP contribution in [0.5, 0.6) is 5.75 Å². The maximum Gasteiger partial charge on any atom is 0.325 e. The quantitative estimate of drug-likeness (QED) is 0.472. The number of amides is 2. The molecule has 1 aliphatic heterocycles. The Labute approximate surface area is 198 Å². The number of ether oxygens (including phenoxy) is 2. The molecule has 1 aromatic carbocycles. The Hall–Kier alpha value is -3.50. The highest BCUT2D eigenvalue weighted by Crippen LogP contribution is 2.35. The molecule has 1 atom stereocenters. The molecule has 1 N–H and O–H groups in total. The van der Waals surface area contributed by atoms with Crippen LogP contribution in [0.4, 0.5) is 0 Å². The van der Waals surface area contributed by atoms with E-state index in [9.17, 15) is 14.4 Å². The third-order valence-electron chi connectivity index (χ3n) is 4.74. The maximum absolute atomic E-state index is 12.8. The summed E-state index contributed by atoms with van der Waals surface area (Å²) in [7, 11) is 0. The van der Waals surface area contributed by atoms with E-state index >= 15 is 0 Å². The Morgan fingerprint density at radius 3 is 2.52 bits per heavy atom. The second-order valence-electron chi connectivity index (χ2n) is 7.04. The standard InChI is InChI=1S/C23H21N3O5S2/c27-21(14-30-16-6-2-1-3-7-16)24-13-23(29)31-15-22(28)26-18(20-9-5-11-33-20)12-17(25-26)19-8-4-10-32-19/h1-11,18H,12-15H2,(H,24,27). The molecule has 33 heavy (non-hydrogen) atoms. The number of rotatable bonds is 9. The minimum absolute atomic E-state index is 0.229. The molecule has 0 fully saturated rings. The number of carbonyl (C=O) groups is 3. The molecule has 170 valence electrons. The first kappa shape index (κ1) is 22.7. The molecule has 0 spiro atoms. The Morgan fingerprint density at radius 2 is 1.79 bits per heavy atom. The van der Waals surface area contributed by atoms with Crippen LogP contribution < -0.4 is 10.1 Å². The fraction of sp³-hybridized carbons (Fsp3) is 0.217. The molecule has 0 radical (unpaired) electrons. The fourth-order valence-corrected chi connectivity index (χ4v) is 4.71. The average molecular weight is 484 g/mol. The number of thiophene rings is 2. The minimum Gasteiger partial charge on any atom is -0.484 e. The van der Waals surface area contributed by atoms with Gasteiger partial charge in [0.25, 0.3) is 11.8 Å². The van der Waals surface area contributed by atoms with Crippen molar-refractivity contribution >= 4 is 46.2 Å². The topological polar surface area (TPSA) is 97.3 Å². The van der Waals surface area contributed by atoms with Crippen molar-refractivity contribution in [2.45, 2.75) is 12.5 Å². The lowest BCUT2D eigenvalue weighted by Crippen LogP contribution is -2.36. The number of hydrazone groups is 1. The molecule has 1 aliphatic rings. The highest BCUT2D eigenvalue weighted by molar-refractivity contribution is 7.12. The molecular formula is C23H21N3O5S2. The SMILES string of the molecule is O=C(COc1ccccc1)NCC(=O)OCC(=O)N1N=C(c2cccs2)CC1c1cccs1. The van der Waals surface area contributed by atoms with Gasteiger partial charge in [-0.2, -0.15) is 5.10 Å². The monoisotopic (exact) mass is 483 g/mol. The zero-order valence-electron chi connectivity index (χ0n) is 17.5. The Balaban J connectivity index is 1.26. The Morgan fingerprint density at radius 1 is 1.00 bits per heavy atom. The number of esters is 1. The highest BCUT2D eigenvalue weighted by Gasteiger charge is 2.34. The van der Waals surface area contributed by atoms with Crippen molar-refractivity contribution < 1.29 is 23.9 Å². The van der Waals surface area contributed by atoms with Crippen LogP contribution in [0.25, 0.3) is 0 Å². The van der Waals surface area contributed by atoms with Gasteiger partial charge < -0.3 is 14.8 Å². The lowest BCUT2D eigenvalue weighted by atomic mass is 10.1. The number of benzene rings is 1. The van der Waals surface area contributed by atoms with E-state index in [1.54, 1.807) is 46.9 Å². The van der Waals surface area contributed by atoms with Crippen LogP contribution in [0.3, 0.4) is 0 Å². The molecule has 1 unspecified atom stereocenters. The van der Waals surface area contributed by atoms with Gasteiger partial charge in [-0.05, 0) is 35.0 Å². The molecule has 0 bridgehead atoms. The first-order valence-corrected chi connectivity index (χ1v) is 11.9. The predicted octanol–water partition coefficient (Wildman–Crippen LogP) is 3.23. The third-order valence-corrected chi connectivity index (χ3v) is 6.64. The number of carbonyl (C=O) groups excluding carboxylic acids is 3. The minimum atomic E-state index is -0.717. The lowest BCUT2D eigenvalue weighted by molar-refractivity contribution is -0.152. The summed E-state index contributed by atoms with van der Waals surface area (Å²) in [5.41, 5.74) is 0.828. The summed E-state index contributed by atoms with van der Waals surface area (Å²) in [6, 6.07) is 16.4. The number of para-hydroxylation sites is 1. The summed E-state index contributed by atoms with van der Waals surface area (Å²) in [5.74, 6) is -1.06. The van der Waals surface area contributed by atoms with Gasteiger partial charge in [0.2, 0.25) is 0 Å². The van der Waals surface area contributed by atoms with Gasteiger partial charge >= 0.3 is 5.97 Å². The van der Waals surface area contributed by atoms with Crippen molar-refractivity contribution in [3.8, 4) is 5.75 Å². The number of hydrogen-bond donors (Lipinski definition) is 1. The van der Waals surface area contributed by atoms with E-state index in [0.29, 0.717) is 12.2 Å². The molecule has 4 rings (SSSR count). The summed E-state index contributed by atoms with van der Waals surface area (Å²) < 4.78 is 10.4. The second-order valence-corrected chi connectivity index (χ2v) is 8.96. The van der Waals surface area contributed by atoms with Crippen molar-refractivity contribution in [2.24, 2.45) is 5.10 Å². The van der Waals surface area contributed by atoms with Gasteiger partial charge in [-0.3, -0.25) is 14.4 Å². The Kier molecular flexibility index (Phi) is 7.48. The molecule has 10 heteroatoms. The van der Waals surface area contributed by atoms with Gasteiger partial charge in [-0.25, -0.2) is 5.01 Å². The summed E-state index contributed by atoms with van der Waals surface area (Å²) in [4.78, 5) is 38.7. The van der Waals surface area contributed by atoms with E-state index < -0.39 is 24.4 Å². The molecule has 3 heterocycles. The van der Waals surface area contributed by atoms with Crippen molar-refractivity contribution in [1.29, 1.82) is 0 Å². The number of nitrogens with zero attached hydrogens (tertiary/aromatic N) is 2. The average Bonchev–Trinajstić information content (AvgIpc) is 3.61. The molecule has 8 nitrogen and oxygen atoms in total. The van der Waals surface area contributed by atoms with Crippen molar-refractivity contribution in [2.75, 3.05) is 19.8 Å². The lowest BCUT2D eigenvalue weighted by Gasteiger charge is -2.20. The van der Waals surface area contributed by atoms with Gasteiger partial charge in [0.15, 0.2) is 13.2 Å². The van der Waals surface area contributed by atoms with Crippen molar-refractivity contribution in [3.05, 3.63) is 75.1 Å². The summed E-state index contributed by atoms with van der Waals surface area (Å²) in [6.07, 6.45) is 0.595. The number of nitrogens with one attached hydrogen (secondary N) is 1. The van der Waals surface area contributed by atoms with Crippen LogP contribution in [0.15, 0.2) is 70.5 Å². The molecule has 3 aromatic rings. The first-order valence-electron chi connectivity index (χ1n) is 10.2. The summed E-state index contributed by atoms with van der Waals surface area (Å²) >= 11 is 3.11. The van der Waals surface area contributed by atoms with Gasteiger partial charge in [0, 0.05) is 11.3 Å². The van der Waals surface area contributed by atoms with E-state index in [2.05, 4.69) is 10.4 Å². The smallest absolute Gasteiger partial charge is 0.325 e. The number of hydrogen-bond acceptors (Lipinski definition) is 8. The van der Waals surface area contributed by atoms with Crippen LogP contribution in [-0.2, 0) is 19.1 Å². The van der Waals surface area contributed by atoms with Gasteiger partial charge in [0.1, 0.15) is 12.3 Å². The highest BCUT2D eigenvalue weighted by atomic mass is 32.1. The third kappa shape index (κ3) is 6.05.